The zero-order chi connectivity index (χ0) is 13.6. The van der Waals surface area contributed by atoms with Crippen LogP contribution in [-0.2, 0) is 4.74 Å². The fraction of sp³-hybridized carbons (Fsp3) is 0.500. The van der Waals surface area contributed by atoms with E-state index in [0.29, 0.717) is 24.2 Å². The molecule has 18 heavy (non-hydrogen) atoms. The number of hydrogen-bond donors (Lipinski definition) is 1. The minimum Gasteiger partial charge on any atom is -0.476 e. The Morgan fingerprint density at radius 3 is 2.78 bits per heavy atom. The molecule has 0 fully saturated rings. The first-order chi connectivity index (χ1) is 8.37. The molecule has 0 bridgehead atoms. The summed E-state index contributed by atoms with van der Waals surface area (Å²) in [6.45, 7) is 6.05. The molecule has 0 aromatic carbocycles. The number of halogens is 1. The Balaban J connectivity index is 2.21. The van der Waals surface area contributed by atoms with Crippen LogP contribution >= 0.6 is 11.6 Å². The number of amides is 1. The Hall–Kier alpha value is -1.49. The fourth-order valence-corrected chi connectivity index (χ4v) is 1.25. The van der Waals surface area contributed by atoms with E-state index in [1.165, 1.54) is 0 Å². The second-order valence-corrected chi connectivity index (χ2v) is 4.96. The van der Waals surface area contributed by atoms with Crippen LogP contribution in [-0.4, -0.2) is 29.8 Å². The van der Waals surface area contributed by atoms with Gasteiger partial charge in [0.2, 0.25) is 5.88 Å². The van der Waals surface area contributed by atoms with E-state index in [1.54, 1.807) is 39.0 Å². The Labute approximate surface area is 111 Å². The maximum Gasteiger partial charge on any atom is 0.407 e. The van der Waals surface area contributed by atoms with Gasteiger partial charge in [0.15, 0.2) is 0 Å². The van der Waals surface area contributed by atoms with E-state index in [2.05, 4.69) is 10.3 Å². The van der Waals surface area contributed by atoms with Gasteiger partial charge in [0.25, 0.3) is 0 Å². The van der Waals surface area contributed by atoms with Crippen molar-refractivity contribution in [2.75, 3.05) is 13.2 Å². The molecule has 0 radical (unpaired) electrons. The van der Waals surface area contributed by atoms with E-state index in [0.717, 1.165) is 0 Å². The van der Waals surface area contributed by atoms with Crippen LogP contribution < -0.4 is 10.1 Å². The topological polar surface area (TPSA) is 60.5 Å². The monoisotopic (exact) mass is 272 g/mol. The molecule has 1 heterocycles. The predicted molar refractivity (Wildman–Crippen MR) is 69.0 cm³/mol. The highest BCUT2D eigenvalue weighted by Crippen LogP contribution is 2.11. The van der Waals surface area contributed by atoms with Gasteiger partial charge in [-0.3, -0.25) is 0 Å². The van der Waals surface area contributed by atoms with Crippen molar-refractivity contribution < 1.29 is 14.3 Å². The van der Waals surface area contributed by atoms with Crippen LogP contribution in [0.15, 0.2) is 18.2 Å². The van der Waals surface area contributed by atoms with Crippen LogP contribution in [0.1, 0.15) is 20.8 Å². The lowest BCUT2D eigenvalue weighted by Gasteiger charge is -2.19. The Kier molecular flexibility index (Phi) is 5.22. The molecule has 100 valence electrons. The molecule has 0 saturated carbocycles. The third-order valence-electron chi connectivity index (χ3n) is 1.71. The van der Waals surface area contributed by atoms with E-state index < -0.39 is 11.7 Å². The molecule has 6 heteroatoms. The average molecular weight is 273 g/mol. The van der Waals surface area contributed by atoms with Crippen LogP contribution in [0, 0.1) is 0 Å². The number of nitrogens with zero attached hydrogens (tertiary/aromatic N) is 1. The molecule has 1 aromatic heterocycles. The third-order valence-corrected chi connectivity index (χ3v) is 1.92. The van der Waals surface area contributed by atoms with Gasteiger partial charge in [-0.15, -0.1) is 0 Å². The summed E-state index contributed by atoms with van der Waals surface area (Å²) in [5, 5.41) is 2.95. The first kappa shape index (κ1) is 14.6. The Morgan fingerprint density at radius 2 is 2.17 bits per heavy atom. The van der Waals surface area contributed by atoms with Crippen LogP contribution in [0.2, 0.25) is 5.15 Å². The van der Waals surface area contributed by atoms with Crippen LogP contribution in [0.4, 0.5) is 4.79 Å². The van der Waals surface area contributed by atoms with Gasteiger partial charge in [0, 0.05) is 6.07 Å². The molecule has 0 atom stereocenters. The SMILES string of the molecule is CC(C)(C)OC(=O)NCCOc1cccc(Cl)n1. The van der Waals surface area contributed by atoms with E-state index in [-0.39, 0.29) is 0 Å². The lowest BCUT2D eigenvalue weighted by molar-refractivity contribution is 0.0520. The van der Waals surface area contributed by atoms with Crippen LogP contribution in [0.3, 0.4) is 0 Å². The molecule has 1 rings (SSSR count). The third kappa shape index (κ3) is 6.30. The Morgan fingerprint density at radius 1 is 1.44 bits per heavy atom. The van der Waals surface area contributed by atoms with Crippen LogP contribution in [0.5, 0.6) is 5.88 Å². The number of carbonyl (C=O) groups is 1. The van der Waals surface area contributed by atoms with E-state index >= 15 is 0 Å². The summed E-state index contributed by atoms with van der Waals surface area (Å²) in [5.41, 5.74) is -0.501. The molecule has 0 spiro atoms. The fourth-order valence-electron chi connectivity index (χ4n) is 1.09. The number of ether oxygens (including phenoxy) is 2. The second-order valence-electron chi connectivity index (χ2n) is 4.58. The number of nitrogens with one attached hydrogen (secondary N) is 1. The van der Waals surface area contributed by atoms with Crippen molar-refractivity contribution >= 4 is 17.7 Å². The lowest BCUT2D eigenvalue weighted by atomic mass is 10.2. The van der Waals surface area contributed by atoms with Crippen molar-refractivity contribution in [2.24, 2.45) is 0 Å². The molecule has 0 saturated heterocycles. The van der Waals surface area contributed by atoms with Crippen molar-refractivity contribution in [2.45, 2.75) is 26.4 Å². The number of aromatic nitrogens is 1. The highest BCUT2D eigenvalue weighted by Gasteiger charge is 2.15. The number of alkyl carbamates (subject to hydrolysis) is 1. The molecule has 1 aromatic rings. The lowest BCUT2D eigenvalue weighted by Crippen LogP contribution is -2.34. The molecule has 0 aliphatic rings. The van der Waals surface area contributed by atoms with Gasteiger partial charge < -0.3 is 14.8 Å². The summed E-state index contributed by atoms with van der Waals surface area (Å²) in [5.74, 6) is 0.425. The average Bonchev–Trinajstić information content (AvgIpc) is 2.22. The molecule has 1 N–H and O–H groups in total. The number of hydrogen-bond acceptors (Lipinski definition) is 4. The van der Waals surface area contributed by atoms with Gasteiger partial charge in [0.1, 0.15) is 17.4 Å². The summed E-state index contributed by atoms with van der Waals surface area (Å²) in [7, 11) is 0. The number of rotatable bonds is 4. The zero-order valence-corrected chi connectivity index (χ0v) is 11.5. The summed E-state index contributed by atoms with van der Waals surface area (Å²) < 4.78 is 10.4. The maximum absolute atomic E-state index is 11.3. The normalized spacial score (nSPS) is 10.9. The van der Waals surface area contributed by atoms with Gasteiger partial charge in [0.05, 0.1) is 6.54 Å². The quantitative estimate of drug-likeness (QED) is 0.676. The highest BCUT2D eigenvalue weighted by molar-refractivity contribution is 6.29. The molecular weight excluding hydrogens is 256 g/mol. The summed E-state index contributed by atoms with van der Waals surface area (Å²) in [4.78, 5) is 15.2. The van der Waals surface area contributed by atoms with Gasteiger partial charge in [-0.2, -0.15) is 0 Å². The van der Waals surface area contributed by atoms with E-state index in [4.69, 9.17) is 21.1 Å². The van der Waals surface area contributed by atoms with Crippen molar-refractivity contribution in [3.8, 4) is 5.88 Å². The minimum atomic E-state index is -0.501. The van der Waals surface area contributed by atoms with Gasteiger partial charge in [-0.05, 0) is 26.8 Å². The molecule has 0 aliphatic carbocycles. The van der Waals surface area contributed by atoms with Crippen molar-refractivity contribution in [3.63, 3.8) is 0 Å². The van der Waals surface area contributed by atoms with E-state index in [1.807, 2.05) is 0 Å². The molecule has 1 amide bonds. The maximum atomic E-state index is 11.3. The molecular formula is C12H17ClN2O3. The summed E-state index contributed by atoms with van der Waals surface area (Å²) in [6, 6.07) is 5.10. The van der Waals surface area contributed by atoms with Gasteiger partial charge in [-0.25, -0.2) is 9.78 Å². The highest BCUT2D eigenvalue weighted by atomic mass is 35.5. The standard InChI is InChI=1S/C12H17ClN2O3/c1-12(2,3)18-11(16)14-7-8-17-10-6-4-5-9(13)15-10/h4-6H,7-8H2,1-3H3,(H,14,16). The van der Waals surface area contributed by atoms with Gasteiger partial charge >= 0.3 is 6.09 Å². The molecule has 0 unspecified atom stereocenters. The summed E-state index contributed by atoms with van der Waals surface area (Å²) >= 11 is 5.70. The first-order valence-corrected chi connectivity index (χ1v) is 5.97. The van der Waals surface area contributed by atoms with Crippen molar-refractivity contribution in [1.82, 2.24) is 10.3 Å². The van der Waals surface area contributed by atoms with E-state index in [9.17, 15) is 4.79 Å². The zero-order valence-electron chi connectivity index (χ0n) is 10.7. The molecule has 5 nitrogen and oxygen atoms in total. The summed E-state index contributed by atoms with van der Waals surface area (Å²) in [6.07, 6.45) is -0.467. The number of pyridine rings is 1. The molecule has 0 aliphatic heterocycles. The van der Waals surface area contributed by atoms with Crippen molar-refractivity contribution in [3.05, 3.63) is 23.4 Å². The second kappa shape index (κ2) is 6.44. The van der Waals surface area contributed by atoms with Gasteiger partial charge in [-0.1, -0.05) is 17.7 Å². The number of carbonyl (C=O) groups excluding carboxylic acids is 1. The minimum absolute atomic E-state index is 0.298. The Bertz CT molecular complexity index is 405. The first-order valence-electron chi connectivity index (χ1n) is 5.59. The van der Waals surface area contributed by atoms with Crippen LogP contribution in [0.25, 0.3) is 0 Å². The smallest absolute Gasteiger partial charge is 0.407 e. The largest absolute Gasteiger partial charge is 0.476 e. The predicted octanol–water partition coefficient (Wildman–Crippen LogP) is 2.64. The van der Waals surface area contributed by atoms with Crippen molar-refractivity contribution in [1.29, 1.82) is 0 Å².